The smallest absolute Gasteiger partial charge is 0.204 e. The van der Waals surface area contributed by atoms with E-state index in [2.05, 4.69) is 105 Å². The maximum absolute atomic E-state index is 11.9. The molecule has 1 saturated heterocycles. The summed E-state index contributed by atoms with van der Waals surface area (Å²) in [4.78, 5) is 2.18. The Morgan fingerprint density at radius 2 is 1.15 bits per heavy atom. The largest absolute Gasteiger partial charge is 0.748 e. The van der Waals surface area contributed by atoms with Gasteiger partial charge in [-0.25, -0.2) is 27.6 Å². The summed E-state index contributed by atoms with van der Waals surface area (Å²) >= 11 is 0. The van der Waals surface area contributed by atoms with E-state index in [4.69, 9.17) is 4.74 Å². The fraction of sp³-hybridized carbons (Fsp3) is 0.482. The van der Waals surface area contributed by atoms with Gasteiger partial charge in [-0.2, -0.15) is 34.4 Å². The molecule has 3 aliphatic heterocycles. The molecule has 37 heteroatoms. The fourth-order valence-corrected chi connectivity index (χ4v) is 13.2. The number of allylic oxidation sites excluding steroid dienone is 8. The molecule has 4 aromatic rings. The first-order valence-corrected chi connectivity index (χ1v) is 28.3. The molecular weight excluding hydrogens is 2900 g/mol. The number of rotatable bonds is 18. The fourth-order valence-electron chi connectivity index (χ4n) is 12.3. The normalized spacial score (nSPS) is 18.8. The number of fused-ring (bicyclic) bond motifs is 6. The Morgan fingerprint density at radius 1 is 0.624 bits per heavy atom. The third-order valence-corrected chi connectivity index (χ3v) is 17.5. The van der Waals surface area contributed by atoms with Crippen molar-refractivity contribution in [3.63, 3.8) is 0 Å². The van der Waals surface area contributed by atoms with E-state index in [0.717, 1.165) is 110 Å². The Hall–Kier alpha value is 19.7. The van der Waals surface area contributed by atoms with Crippen LogP contribution in [0.5, 0.6) is 0 Å². The van der Waals surface area contributed by atoms with Crippen LogP contribution in [0.1, 0.15) is 115 Å². The van der Waals surface area contributed by atoms with Crippen LogP contribution in [-0.4, -0.2) is 112 Å². The molecule has 8 rings (SSSR count). The maximum atomic E-state index is 11.9. The number of aliphatic hydroxyl groups excluding tert-OH is 4. The standard InChI is InChI=1S/C56H68N2O11S2.22Y/c1-6-55(7-2)46(57(32-14-34-70(63,64)65)43-27-22-39-17-10-11-21-42(39)49(43)55)30-24-37-18-13-19-38(41(37)26-29-45-51(59)52(60)53(61)54(62)69-45)25-31-47-56(8-3,9-4)50-44(58(47)33-15-35-71(66,67)68)28-23-40-20-12-16-36(5)48(40)50;;;;;;;;;;;;;;;;;;;;;;/h11,16-17,20,22-25,27-28,30-31,45,51-54,59-62H,6-9,13-15,18-19,26,29,32-35H2,1-5H3,(H,63,64,65)(H,66,67,68);;;;;;;;;;;;;;;;;;;;;;/q-2;;;;;;;;;;;;;;;;;;;;;;/p-2. The second kappa shape index (κ2) is 72.2. The van der Waals surface area contributed by atoms with Gasteiger partial charge in [-0.3, -0.25) is 6.07 Å². The number of aryl methyl sites for hydroxylation is 1. The SMILES string of the molecule is CCC1(CC)C(/C=C/C2=C(CCC3OC(O)C(O)C(O)C3O)C(=C/C=C3/N(CCCS(=O)(=O)[O-])c4ccc5c[c-]cc(C)c5c4C3(CC)CC)/CCC2)=[N+](CCCS(=O)(=O)[O-])c2ccc3c[c-]c[c-]c3c21.[Y].[Y].[Y].[Y].[Y].[Y].[Y].[Y].[Y].[Y].[Y].[Y].[Y].[Y].[Y].[Y].[Y].[Y].[Y].[Y].[Y].[Y]. The van der Waals surface area contributed by atoms with Crippen molar-refractivity contribution in [2.45, 2.75) is 147 Å². The molecule has 0 aromatic heterocycles. The van der Waals surface area contributed by atoms with Gasteiger partial charge in [-0.05, 0) is 105 Å². The van der Waals surface area contributed by atoms with Gasteiger partial charge in [-0.15, -0.1) is 16.8 Å². The van der Waals surface area contributed by atoms with Crippen molar-refractivity contribution in [3.8, 4) is 0 Å². The van der Waals surface area contributed by atoms with Gasteiger partial charge in [0, 0.05) is 773 Å². The Morgan fingerprint density at radius 3 is 1.69 bits per heavy atom. The summed E-state index contributed by atoms with van der Waals surface area (Å²) < 4.78 is 79.4. The van der Waals surface area contributed by atoms with Crippen LogP contribution in [0.2, 0.25) is 0 Å². The molecule has 0 bridgehead atoms. The third kappa shape index (κ3) is 39.0. The molecule has 93 heavy (non-hydrogen) atoms. The topological polar surface area (TPSA) is 211 Å². The first kappa shape index (κ1) is 147. The summed E-state index contributed by atoms with van der Waals surface area (Å²) in [6, 6.07) is 25.8. The molecule has 4 aromatic carbocycles. The molecular formula is C56H66N2O11S2Y22-4. The molecule has 13 nitrogen and oxygen atoms in total. The molecule has 22 radical (unpaired) electrons. The molecule has 0 amide bonds. The van der Waals surface area contributed by atoms with E-state index in [1.54, 1.807) is 6.07 Å². The van der Waals surface area contributed by atoms with Crippen LogP contribution in [0.3, 0.4) is 0 Å². The van der Waals surface area contributed by atoms with Crippen LogP contribution in [0.15, 0.2) is 95.3 Å². The Labute approximate surface area is 1110 Å². The Kier molecular flexibility index (Phi) is 114. The third-order valence-electron chi connectivity index (χ3n) is 15.9. The Bertz CT molecular complexity index is 3130. The predicted octanol–water partition coefficient (Wildman–Crippen LogP) is 7.68. The molecule has 448 valence electrons. The van der Waals surface area contributed by atoms with Crippen molar-refractivity contribution in [3.05, 3.63) is 130 Å². The number of nitrogens with zero attached hydrogens (tertiary/aromatic N) is 2. The zero-order chi connectivity index (χ0) is 51.0. The van der Waals surface area contributed by atoms with E-state index in [0.29, 0.717) is 32.4 Å². The van der Waals surface area contributed by atoms with E-state index >= 15 is 0 Å². The van der Waals surface area contributed by atoms with Gasteiger partial charge in [0.1, 0.15) is 24.9 Å². The van der Waals surface area contributed by atoms with Crippen LogP contribution in [-0.2, 0) is 755 Å². The number of hydrogen-bond acceptors (Lipinski definition) is 12. The average molecular weight is 2960 g/mol. The molecule has 5 atom stereocenters. The molecule has 0 saturated carbocycles. The zero-order valence-electron chi connectivity index (χ0n) is 54.0. The molecule has 0 spiro atoms. The monoisotopic (exact) mass is 2960 g/mol. The van der Waals surface area contributed by atoms with Gasteiger partial charge in [-0.1, -0.05) is 46.8 Å². The van der Waals surface area contributed by atoms with Gasteiger partial charge in [0.2, 0.25) is 5.69 Å². The van der Waals surface area contributed by atoms with Crippen LogP contribution in [0.25, 0.3) is 21.5 Å². The molecule has 5 unspecified atom stereocenters. The van der Waals surface area contributed by atoms with Crippen LogP contribution < -0.4 is 4.90 Å². The number of benzene rings is 4. The van der Waals surface area contributed by atoms with Crippen LogP contribution in [0.4, 0.5) is 11.4 Å². The van der Waals surface area contributed by atoms with E-state index in [-0.39, 0.29) is 739 Å². The first-order chi connectivity index (χ1) is 33.8. The van der Waals surface area contributed by atoms with Crippen molar-refractivity contribution in [1.82, 2.24) is 0 Å². The minimum Gasteiger partial charge on any atom is -0.748 e. The van der Waals surface area contributed by atoms with Crippen molar-refractivity contribution in [2.75, 3.05) is 29.5 Å². The average Bonchev–Trinajstić information content (AvgIpc) is 3.81. The summed E-state index contributed by atoms with van der Waals surface area (Å²) in [5, 5.41) is 46.8. The number of ether oxygens (including phenoxy) is 1. The van der Waals surface area contributed by atoms with Gasteiger partial charge in [0.05, 0.1) is 31.8 Å². The van der Waals surface area contributed by atoms with Crippen molar-refractivity contribution >= 4 is 58.9 Å². The van der Waals surface area contributed by atoms with Crippen molar-refractivity contribution in [1.29, 1.82) is 0 Å². The summed E-state index contributed by atoms with van der Waals surface area (Å²) in [7, 11) is -8.94. The number of anilines is 1. The van der Waals surface area contributed by atoms with Crippen molar-refractivity contribution < 1.29 is 775 Å². The molecule has 4 aliphatic rings. The van der Waals surface area contributed by atoms with E-state index in [1.165, 1.54) is 0 Å². The van der Waals surface area contributed by atoms with Gasteiger partial charge in [0.25, 0.3) is 0 Å². The van der Waals surface area contributed by atoms with Crippen LogP contribution in [0, 0.1) is 25.1 Å². The van der Waals surface area contributed by atoms with Gasteiger partial charge in [0.15, 0.2) is 12.0 Å². The molecule has 1 fully saturated rings. The summed E-state index contributed by atoms with van der Waals surface area (Å²) in [5.74, 6) is -1.00. The summed E-state index contributed by atoms with van der Waals surface area (Å²) in [6.45, 7) is 11.3. The molecule has 4 N–H and O–H groups in total. The van der Waals surface area contributed by atoms with E-state index in [9.17, 15) is 46.4 Å². The molecule has 1 aliphatic carbocycles. The predicted molar refractivity (Wildman–Crippen MR) is 273 cm³/mol. The summed E-state index contributed by atoms with van der Waals surface area (Å²) in [6.07, 6.45) is 7.07. The quantitative estimate of drug-likeness (QED) is 0.0430. The van der Waals surface area contributed by atoms with E-state index in [1.807, 2.05) is 24.3 Å². The Balaban J connectivity index is -0.000000213. The summed E-state index contributed by atoms with van der Waals surface area (Å²) in [5.41, 5.74) is 9.27. The first-order valence-electron chi connectivity index (χ1n) is 25.1. The maximum Gasteiger partial charge on any atom is 0.204 e. The zero-order valence-corrected chi connectivity index (χ0v) is 118. The van der Waals surface area contributed by atoms with Crippen LogP contribution >= 0.6 is 0 Å². The van der Waals surface area contributed by atoms with E-state index < -0.39 is 73.3 Å². The second-order valence-electron chi connectivity index (χ2n) is 19.6. The number of hydrogen-bond donors (Lipinski definition) is 4. The van der Waals surface area contributed by atoms with Gasteiger partial charge >= 0.3 is 0 Å². The minimum atomic E-state index is -4.47. The number of aliphatic hydroxyl groups is 4. The van der Waals surface area contributed by atoms with Crippen molar-refractivity contribution in [2.24, 2.45) is 0 Å². The van der Waals surface area contributed by atoms with Gasteiger partial charge < -0.3 is 57.4 Å². The minimum absolute atomic E-state index is 0. The second-order valence-corrected chi connectivity index (χ2v) is 22.6. The molecule has 3 heterocycles.